The predicted octanol–water partition coefficient (Wildman–Crippen LogP) is 2.86. The SMILES string of the molecule is Cc1nc(C2CCCC2)sc1-c1ccnc(=O)[nH]1. The van der Waals surface area contributed by atoms with Gasteiger partial charge < -0.3 is 4.98 Å². The number of nitrogens with zero attached hydrogens (tertiary/aromatic N) is 2. The zero-order chi connectivity index (χ0) is 12.5. The maximum Gasteiger partial charge on any atom is 0.345 e. The van der Waals surface area contributed by atoms with Crippen molar-refractivity contribution in [2.24, 2.45) is 0 Å². The third kappa shape index (κ3) is 2.10. The van der Waals surface area contributed by atoms with E-state index in [2.05, 4.69) is 15.0 Å². The van der Waals surface area contributed by atoms with Crippen LogP contribution in [0.4, 0.5) is 0 Å². The van der Waals surface area contributed by atoms with E-state index in [1.807, 2.05) is 13.0 Å². The van der Waals surface area contributed by atoms with Crippen LogP contribution in [-0.2, 0) is 0 Å². The minimum Gasteiger partial charge on any atom is -0.305 e. The lowest BCUT2D eigenvalue weighted by atomic mass is 10.1. The Labute approximate surface area is 109 Å². The van der Waals surface area contributed by atoms with Gasteiger partial charge in [0.2, 0.25) is 0 Å². The summed E-state index contributed by atoms with van der Waals surface area (Å²) in [6.45, 7) is 2.00. The summed E-state index contributed by atoms with van der Waals surface area (Å²) in [4.78, 5) is 23.4. The predicted molar refractivity (Wildman–Crippen MR) is 71.9 cm³/mol. The first kappa shape index (κ1) is 11.6. The fourth-order valence-corrected chi connectivity index (χ4v) is 3.73. The lowest BCUT2D eigenvalue weighted by molar-refractivity contribution is 0.714. The number of aryl methyl sites for hydroxylation is 1. The van der Waals surface area contributed by atoms with Crippen molar-refractivity contribution in [3.05, 3.63) is 33.4 Å². The zero-order valence-corrected chi connectivity index (χ0v) is 11.1. The van der Waals surface area contributed by atoms with Crippen LogP contribution >= 0.6 is 11.3 Å². The molecule has 94 valence electrons. The summed E-state index contributed by atoms with van der Waals surface area (Å²) in [6, 6.07) is 1.83. The summed E-state index contributed by atoms with van der Waals surface area (Å²) in [5.41, 5.74) is 1.53. The van der Waals surface area contributed by atoms with Gasteiger partial charge in [-0.3, -0.25) is 0 Å². The van der Waals surface area contributed by atoms with E-state index < -0.39 is 0 Å². The summed E-state index contributed by atoms with van der Waals surface area (Å²) in [5, 5.41) is 1.22. The van der Waals surface area contributed by atoms with E-state index in [0.717, 1.165) is 16.3 Å². The number of nitrogens with one attached hydrogen (secondary N) is 1. The van der Waals surface area contributed by atoms with E-state index in [9.17, 15) is 4.79 Å². The first-order valence-corrected chi connectivity index (χ1v) is 7.09. The Balaban J connectivity index is 2.00. The normalized spacial score (nSPS) is 16.3. The molecule has 1 saturated carbocycles. The van der Waals surface area contributed by atoms with Crippen LogP contribution in [0.1, 0.15) is 42.3 Å². The molecule has 2 aromatic rings. The van der Waals surface area contributed by atoms with Crippen molar-refractivity contribution in [1.29, 1.82) is 0 Å². The second-order valence-electron chi connectivity index (χ2n) is 4.74. The number of hydrogen-bond donors (Lipinski definition) is 1. The number of aromatic nitrogens is 3. The molecule has 2 aromatic heterocycles. The molecule has 0 spiro atoms. The summed E-state index contributed by atoms with van der Waals surface area (Å²) in [5.74, 6) is 0.621. The van der Waals surface area contributed by atoms with Crippen LogP contribution in [0, 0.1) is 6.92 Å². The highest BCUT2D eigenvalue weighted by Crippen LogP contribution is 2.39. The van der Waals surface area contributed by atoms with Gasteiger partial charge >= 0.3 is 5.69 Å². The Kier molecular flexibility index (Phi) is 2.99. The Morgan fingerprint density at radius 1 is 1.39 bits per heavy atom. The molecule has 3 rings (SSSR count). The smallest absolute Gasteiger partial charge is 0.305 e. The molecule has 0 amide bonds. The van der Waals surface area contributed by atoms with Crippen LogP contribution in [0.15, 0.2) is 17.1 Å². The van der Waals surface area contributed by atoms with Crippen molar-refractivity contribution in [1.82, 2.24) is 15.0 Å². The molecule has 0 bridgehead atoms. The van der Waals surface area contributed by atoms with E-state index in [4.69, 9.17) is 0 Å². The van der Waals surface area contributed by atoms with E-state index in [0.29, 0.717) is 5.92 Å². The number of hydrogen-bond acceptors (Lipinski definition) is 4. The Hall–Kier alpha value is -1.49. The van der Waals surface area contributed by atoms with Crippen molar-refractivity contribution in [2.45, 2.75) is 38.5 Å². The van der Waals surface area contributed by atoms with Crippen LogP contribution in [0.5, 0.6) is 0 Å². The summed E-state index contributed by atoms with van der Waals surface area (Å²) < 4.78 is 0. The van der Waals surface area contributed by atoms with Gasteiger partial charge in [0.15, 0.2) is 0 Å². The fourth-order valence-electron chi connectivity index (χ4n) is 2.52. The van der Waals surface area contributed by atoms with Gasteiger partial charge in [-0.2, -0.15) is 0 Å². The molecule has 0 radical (unpaired) electrons. The first-order chi connectivity index (χ1) is 8.74. The summed E-state index contributed by atoms with van der Waals surface area (Å²) >= 11 is 1.71. The van der Waals surface area contributed by atoms with Gasteiger partial charge in [-0.1, -0.05) is 12.8 Å². The Morgan fingerprint density at radius 2 is 2.17 bits per heavy atom. The number of thiazole rings is 1. The molecule has 0 saturated heterocycles. The van der Waals surface area contributed by atoms with Crippen LogP contribution in [0.25, 0.3) is 10.6 Å². The molecule has 1 fully saturated rings. The molecule has 0 aromatic carbocycles. The van der Waals surface area contributed by atoms with Crippen molar-refractivity contribution < 1.29 is 0 Å². The molecule has 1 aliphatic rings. The van der Waals surface area contributed by atoms with Gasteiger partial charge in [-0.15, -0.1) is 11.3 Å². The minimum atomic E-state index is -0.303. The maximum absolute atomic E-state index is 11.3. The van der Waals surface area contributed by atoms with Gasteiger partial charge in [-0.25, -0.2) is 14.8 Å². The molecule has 0 atom stereocenters. The molecule has 4 nitrogen and oxygen atoms in total. The van der Waals surface area contributed by atoms with Gasteiger partial charge in [0.1, 0.15) is 0 Å². The Morgan fingerprint density at radius 3 is 2.89 bits per heavy atom. The number of aromatic amines is 1. The highest BCUT2D eigenvalue weighted by Gasteiger charge is 2.22. The number of rotatable bonds is 2. The van der Waals surface area contributed by atoms with Crippen LogP contribution in [0.2, 0.25) is 0 Å². The van der Waals surface area contributed by atoms with Gasteiger partial charge in [0.05, 0.1) is 21.3 Å². The topological polar surface area (TPSA) is 58.6 Å². The number of H-pyrrole nitrogens is 1. The quantitative estimate of drug-likeness (QED) is 0.904. The molecular formula is C13H15N3OS. The Bertz CT molecular complexity index is 611. The van der Waals surface area contributed by atoms with Crippen LogP contribution < -0.4 is 5.69 Å². The third-order valence-corrected chi connectivity index (χ3v) is 4.79. The molecule has 0 aliphatic heterocycles. The zero-order valence-electron chi connectivity index (χ0n) is 10.3. The highest BCUT2D eigenvalue weighted by atomic mass is 32.1. The van der Waals surface area contributed by atoms with Crippen LogP contribution in [0.3, 0.4) is 0 Å². The molecular weight excluding hydrogens is 246 g/mol. The summed E-state index contributed by atoms with van der Waals surface area (Å²) in [7, 11) is 0. The van der Waals surface area contributed by atoms with Crippen molar-refractivity contribution in [2.75, 3.05) is 0 Å². The van der Waals surface area contributed by atoms with Gasteiger partial charge in [0, 0.05) is 12.1 Å². The van der Waals surface area contributed by atoms with Crippen molar-refractivity contribution in [3.8, 4) is 10.6 Å². The average Bonchev–Trinajstić information content (AvgIpc) is 2.97. The van der Waals surface area contributed by atoms with Crippen molar-refractivity contribution in [3.63, 3.8) is 0 Å². The monoisotopic (exact) mass is 261 g/mol. The lowest BCUT2D eigenvalue weighted by Gasteiger charge is -2.02. The molecule has 2 heterocycles. The fraction of sp³-hybridized carbons (Fsp3) is 0.462. The average molecular weight is 261 g/mol. The highest BCUT2D eigenvalue weighted by molar-refractivity contribution is 7.15. The van der Waals surface area contributed by atoms with E-state index in [-0.39, 0.29) is 5.69 Å². The molecule has 0 unspecified atom stereocenters. The van der Waals surface area contributed by atoms with Gasteiger partial charge in [-0.05, 0) is 25.8 Å². The summed E-state index contributed by atoms with van der Waals surface area (Å²) in [6.07, 6.45) is 6.66. The third-order valence-electron chi connectivity index (χ3n) is 3.44. The van der Waals surface area contributed by atoms with Gasteiger partial charge in [0.25, 0.3) is 0 Å². The first-order valence-electron chi connectivity index (χ1n) is 6.27. The largest absolute Gasteiger partial charge is 0.345 e. The van der Waals surface area contributed by atoms with E-state index in [1.165, 1.54) is 30.7 Å². The second-order valence-corrected chi connectivity index (χ2v) is 5.77. The molecule has 1 aliphatic carbocycles. The van der Waals surface area contributed by atoms with Crippen molar-refractivity contribution >= 4 is 11.3 Å². The molecule has 18 heavy (non-hydrogen) atoms. The molecule has 1 N–H and O–H groups in total. The molecule has 5 heteroatoms. The van der Waals surface area contributed by atoms with E-state index >= 15 is 0 Å². The van der Waals surface area contributed by atoms with Crippen LogP contribution in [-0.4, -0.2) is 15.0 Å². The second kappa shape index (κ2) is 4.65. The lowest BCUT2D eigenvalue weighted by Crippen LogP contribution is -2.09. The standard InChI is InChI=1S/C13H15N3OS/c1-8-11(10-6-7-14-13(17)16-10)18-12(15-8)9-4-2-3-5-9/h6-7,9H,2-5H2,1H3,(H,14,16,17). The minimum absolute atomic E-state index is 0.303. The van der Waals surface area contributed by atoms with E-state index in [1.54, 1.807) is 17.5 Å². The maximum atomic E-state index is 11.3.